The zero-order chi connectivity index (χ0) is 12.5. The maximum absolute atomic E-state index is 10.2. The summed E-state index contributed by atoms with van der Waals surface area (Å²) in [5.74, 6) is 3.48. The number of aliphatic hydroxyl groups excluding tert-OH is 1. The molecule has 0 aromatic carbocycles. The average Bonchev–Trinajstić information content (AvgIpc) is 2.37. The lowest BCUT2D eigenvalue weighted by molar-refractivity contribution is -0.0285. The first-order chi connectivity index (χ1) is 8.74. The first-order valence-electron chi connectivity index (χ1n) is 8.10. The second-order valence-electron chi connectivity index (χ2n) is 7.16. The summed E-state index contributed by atoms with van der Waals surface area (Å²) in [6, 6.07) is 0. The Hall–Kier alpha value is -0.0800. The maximum Gasteiger partial charge on any atom is 0.0545 e. The Balaban J connectivity index is 1.71. The van der Waals surface area contributed by atoms with Gasteiger partial charge in [0.15, 0.2) is 0 Å². The molecule has 18 heavy (non-hydrogen) atoms. The largest absolute Gasteiger partial charge is 0.393 e. The van der Waals surface area contributed by atoms with Crippen LogP contribution in [0.15, 0.2) is 0 Å². The molecule has 0 aromatic heterocycles. The van der Waals surface area contributed by atoms with Gasteiger partial charge in [-0.25, -0.2) is 0 Å². The third-order valence-electron chi connectivity index (χ3n) is 5.90. The third kappa shape index (κ3) is 2.60. The second-order valence-corrected chi connectivity index (χ2v) is 7.16. The molecule has 2 nitrogen and oxygen atoms in total. The summed E-state index contributed by atoms with van der Waals surface area (Å²) in [5.41, 5.74) is 0. The molecule has 5 unspecified atom stereocenters. The van der Waals surface area contributed by atoms with Crippen LogP contribution in [0.4, 0.5) is 0 Å². The van der Waals surface area contributed by atoms with Gasteiger partial charge >= 0.3 is 0 Å². The van der Waals surface area contributed by atoms with Gasteiger partial charge in [-0.1, -0.05) is 19.3 Å². The van der Waals surface area contributed by atoms with Gasteiger partial charge in [0, 0.05) is 6.54 Å². The van der Waals surface area contributed by atoms with Gasteiger partial charge in [0.2, 0.25) is 0 Å². The van der Waals surface area contributed by atoms with Crippen molar-refractivity contribution in [2.45, 2.75) is 57.5 Å². The minimum atomic E-state index is 0.00147. The van der Waals surface area contributed by atoms with Gasteiger partial charge in [-0.05, 0) is 69.4 Å². The van der Waals surface area contributed by atoms with E-state index in [2.05, 4.69) is 11.9 Å². The van der Waals surface area contributed by atoms with Gasteiger partial charge in [0.25, 0.3) is 0 Å². The van der Waals surface area contributed by atoms with E-state index < -0.39 is 0 Å². The van der Waals surface area contributed by atoms with Crippen LogP contribution in [0.2, 0.25) is 0 Å². The molecule has 1 aliphatic heterocycles. The first-order valence-corrected chi connectivity index (χ1v) is 8.10. The molecule has 5 atom stereocenters. The summed E-state index contributed by atoms with van der Waals surface area (Å²) in [6.45, 7) is 2.56. The lowest BCUT2D eigenvalue weighted by Crippen LogP contribution is -2.45. The Morgan fingerprint density at radius 3 is 2.50 bits per heavy atom. The molecule has 1 saturated heterocycles. The highest BCUT2D eigenvalue weighted by Crippen LogP contribution is 2.48. The summed E-state index contributed by atoms with van der Waals surface area (Å²) in [7, 11) is 2.27. The third-order valence-corrected chi connectivity index (χ3v) is 5.90. The molecule has 3 fully saturated rings. The SMILES string of the molecule is CN1CCCC(C2CC(O)CC3CCCCC32)C1. The van der Waals surface area contributed by atoms with E-state index in [-0.39, 0.29) is 6.10 Å². The molecule has 1 N–H and O–H groups in total. The van der Waals surface area contributed by atoms with Crippen LogP contribution in [0.1, 0.15) is 51.4 Å². The maximum atomic E-state index is 10.2. The molecule has 104 valence electrons. The van der Waals surface area contributed by atoms with Gasteiger partial charge in [-0.3, -0.25) is 0 Å². The van der Waals surface area contributed by atoms with Crippen molar-refractivity contribution in [2.75, 3.05) is 20.1 Å². The van der Waals surface area contributed by atoms with Crippen LogP contribution in [-0.2, 0) is 0 Å². The molecule has 2 saturated carbocycles. The number of fused-ring (bicyclic) bond motifs is 1. The number of likely N-dealkylation sites (tertiary alicyclic amines) is 1. The molecule has 2 heteroatoms. The number of rotatable bonds is 1. The molecule has 3 rings (SSSR count). The molecule has 0 bridgehead atoms. The van der Waals surface area contributed by atoms with Gasteiger partial charge in [0.05, 0.1) is 6.10 Å². The predicted octanol–water partition coefficient (Wildman–Crippen LogP) is 2.91. The Labute approximate surface area is 112 Å². The molecule has 1 heterocycles. The normalized spacial score (nSPS) is 46.7. The van der Waals surface area contributed by atoms with Crippen LogP contribution >= 0.6 is 0 Å². The fourth-order valence-corrected chi connectivity index (χ4v) is 5.13. The second kappa shape index (κ2) is 5.50. The van der Waals surface area contributed by atoms with Crippen molar-refractivity contribution in [2.24, 2.45) is 23.7 Å². The lowest BCUT2D eigenvalue weighted by Gasteiger charge is -2.48. The minimum absolute atomic E-state index is 0.00147. The molecule has 2 aliphatic carbocycles. The van der Waals surface area contributed by atoms with E-state index in [4.69, 9.17) is 0 Å². The Kier molecular flexibility index (Phi) is 3.95. The van der Waals surface area contributed by atoms with Crippen molar-refractivity contribution in [3.8, 4) is 0 Å². The Bertz CT molecular complexity index is 280. The van der Waals surface area contributed by atoms with E-state index in [0.29, 0.717) is 0 Å². The summed E-state index contributed by atoms with van der Waals surface area (Å²) < 4.78 is 0. The lowest BCUT2D eigenvalue weighted by atomic mass is 9.60. The molecule has 0 radical (unpaired) electrons. The van der Waals surface area contributed by atoms with Crippen molar-refractivity contribution in [3.63, 3.8) is 0 Å². The van der Waals surface area contributed by atoms with E-state index in [9.17, 15) is 5.11 Å². The van der Waals surface area contributed by atoms with Crippen LogP contribution in [0.5, 0.6) is 0 Å². The summed E-state index contributed by atoms with van der Waals surface area (Å²) in [6.07, 6.45) is 10.7. The fraction of sp³-hybridized carbons (Fsp3) is 1.00. The van der Waals surface area contributed by atoms with Gasteiger partial charge in [-0.15, -0.1) is 0 Å². The number of hydrogen-bond acceptors (Lipinski definition) is 2. The van der Waals surface area contributed by atoms with Crippen LogP contribution in [0, 0.1) is 23.7 Å². The van der Waals surface area contributed by atoms with Crippen LogP contribution < -0.4 is 0 Å². The van der Waals surface area contributed by atoms with Crippen LogP contribution in [0.25, 0.3) is 0 Å². The molecule has 0 aromatic rings. The van der Waals surface area contributed by atoms with Crippen molar-refractivity contribution in [1.82, 2.24) is 4.90 Å². The highest BCUT2D eigenvalue weighted by Gasteiger charge is 2.42. The van der Waals surface area contributed by atoms with Crippen molar-refractivity contribution < 1.29 is 5.11 Å². The zero-order valence-corrected chi connectivity index (χ0v) is 11.9. The van der Waals surface area contributed by atoms with Crippen LogP contribution in [-0.4, -0.2) is 36.2 Å². The number of piperidine rings is 1. The quantitative estimate of drug-likeness (QED) is 0.774. The smallest absolute Gasteiger partial charge is 0.0545 e. The predicted molar refractivity (Wildman–Crippen MR) is 74.4 cm³/mol. The van der Waals surface area contributed by atoms with Crippen molar-refractivity contribution in [1.29, 1.82) is 0 Å². The van der Waals surface area contributed by atoms with Gasteiger partial charge in [-0.2, -0.15) is 0 Å². The summed E-state index contributed by atoms with van der Waals surface area (Å²) >= 11 is 0. The van der Waals surface area contributed by atoms with E-state index in [0.717, 1.165) is 36.5 Å². The Morgan fingerprint density at radius 1 is 0.889 bits per heavy atom. The first kappa shape index (κ1) is 12.9. The fourth-order valence-electron chi connectivity index (χ4n) is 5.13. The van der Waals surface area contributed by atoms with Gasteiger partial charge in [0.1, 0.15) is 0 Å². The zero-order valence-electron chi connectivity index (χ0n) is 11.9. The topological polar surface area (TPSA) is 23.5 Å². The van der Waals surface area contributed by atoms with E-state index in [1.807, 2.05) is 0 Å². The standard InChI is InChI=1S/C16H29NO/c1-17-8-4-6-13(11-17)16-10-14(18)9-12-5-2-3-7-15(12)16/h12-16,18H,2-11H2,1H3. The van der Waals surface area contributed by atoms with Gasteiger partial charge < -0.3 is 10.0 Å². The van der Waals surface area contributed by atoms with Crippen molar-refractivity contribution in [3.05, 3.63) is 0 Å². The average molecular weight is 251 g/mol. The number of aliphatic hydroxyl groups is 1. The Morgan fingerprint density at radius 2 is 1.67 bits per heavy atom. The summed E-state index contributed by atoms with van der Waals surface area (Å²) in [5, 5.41) is 10.2. The number of nitrogens with zero attached hydrogens (tertiary/aromatic N) is 1. The minimum Gasteiger partial charge on any atom is -0.393 e. The van der Waals surface area contributed by atoms with E-state index in [1.54, 1.807) is 0 Å². The number of hydrogen-bond donors (Lipinski definition) is 1. The molecule has 0 amide bonds. The van der Waals surface area contributed by atoms with Crippen LogP contribution in [0.3, 0.4) is 0 Å². The molecular formula is C16H29NO. The highest BCUT2D eigenvalue weighted by molar-refractivity contribution is 4.92. The highest BCUT2D eigenvalue weighted by atomic mass is 16.3. The van der Waals surface area contributed by atoms with Crippen molar-refractivity contribution >= 4 is 0 Å². The van der Waals surface area contributed by atoms with E-state index in [1.165, 1.54) is 51.6 Å². The van der Waals surface area contributed by atoms with E-state index >= 15 is 0 Å². The monoisotopic (exact) mass is 251 g/mol. The molecule has 3 aliphatic rings. The summed E-state index contributed by atoms with van der Waals surface area (Å²) in [4.78, 5) is 2.51. The molecular weight excluding hydrogens is 222 g/mol. The molecule has 0 spiro atoms.